The summed E-state index contributed by atoms with van der Waals surface area (Å²) in [5.74, 6) is 0.225. The van der Waals surface area contributed by atoms with E-state index in [1.54, 1.807) is 13.8 Å². The highest BCUT2D eigenvalue weighted by Crippen LogP contribution is 2.31. The largest absolute Gasteiger partial charge is 0.382 e. The molecule has 0 spiro atoms. The average molecular weight is 456 g/mol. The van der Waals surface area contributed by atoms with Crippen LogP contribution in [0.25, 0.3) is 0 Å². The molecule has 1 saturated carbocycles. The minimum atomic E-state index is -3.23. The van der Waals surface area contributed by atoms with Crippen molar-refractivity contribution in [3.63, 3.8) is 0 Å². The summed E-state index contributed by atoms with van der Waals surface area (Å²) in [6.45, 7) is 11.6. The van der Waals surface area contributed by atoms with Gasteiger partial charge in [0.05, 0.1) is 23.1 Å². The molecule has 1 aromatic carbocycles. The molecular formula is C23H38FN3O3S. The maximum Gasteiger partial charge on any atom is 0.214 e. The van der Waals surface area contributed by atoms with Crippen molar-refractivity contribution in [3.05, 3.63) is 23.5 Å². The van der Waals surface area contributed by atoms with Crippen LogP contribution in [0.1, 0.15) is 58.9 Å². The highest BCUT2D eigenvalue weighted by Gasteiger charge is 2.27. The first-order valence-corrected chi connectivity index (χ1v) is 13.1. The second-order valence-corrected chi connectivity index (χ2v) is 11.8. The van der Waals surface area contributed by atoms with Gasteiger partial charge in [-0.1, -0.05) is 0 Å². The van der Waals surface area contributed by atoms with E-state index in [1.807, 2.05) is 32.9 Å². The van der Waals surface area contributed by atoms with E-state index in [2.05, 4.69) is 14.9 Å². The number of nitrogens with one attached hydrogen (secondary N) is 2. The molecule has 31 heavy (non-hydrogen) atoms. The molecule has 176 valence electrons. The van der Waals surface area contributed by atoms with E-state index >= 15 is 4.39 Å². The Hall–Kier alpha value is -1.38. The van der Waals surface area contributed by atoms with Gasteiger partial charge in [-0.2, -0.15) is 0 Å². The number of morpholine rings is 1. The summed E-state index contributed by atoms with van der Waals surface area (Å²) in [6, 6.07) is 3.86. The lowest BCUT2D eigenvalue weighted by molar-refractivity contribution is -0.00526. The molecule has 2 unspecified atom stereocenters. The predicted octanol–water partition coefficient (Wildman–Crippen LogP) is 4.05. The zero-order valence-electron chi connectivity index (χ0n) is 19.4. The van der Waals surface area contributed by atoms with Crippen LogP contribution in [0, 0.1) is 18.7 Å². The molecule has 0 bridgehead atoms. The van der Waals surface area contributed by atoms with E-state index in [-0.39, 0.29) is 24.1 Å². The summed E-state index contributed by atoms with van der Waals surface area (Å²) >= 11 is 0. The SMILES string of the molecule is Cc1c(N2CC(C)OC(C)C2)ccc(NCC2CCC(NS(=O)(=O)C(C)C)CC2)c1F. The lowest BCUT2D eigenvalue weighted by Crippen LogP contribution is -2.45. The molecule has 2 aliphatic rings. The molecular weight excluding hydrogens is 417 g/mol. The van der Waals surface area contributed by atoms with Crippen LogP contribution in [0.15, 0.2) is 12.1 Å². The zero-order chi connectivity index (χ0) is 22.8. The van der Waals surface area contributed by atoms with Crippen molar-refractivity contribution in [2.75, 3.05) is 29.9 Å². The molecule has 1 aliphatic heterocycles. The number of halogens is 1. The van der Waals surface area contributed by atoms with Gasteiger partial charge in [-0.3, -0.25) is 0 Å². The number of rotatable bonds is 7. The molecule has 6 nitrogen and oxygen atoms in total. The smallest absolute Gasteiger partial charge is 0.214 e. The van der Waals surface area contributed by atoms with Crippen molar-refractivity contribution in [3.8, 4) is 0 Å². The number of hydrogen-bond acceptors (Lipinski definition) is 5. The molecule has 2 atom stereocenters. The van der Waals surface area contributed by atoms with Gasteiger partial charge < -0.3 is 15.0 Å². The van der Waals surface area contributed by atoms with Gasteiger partial charge >= 0.3 is 0 Å². The number of sulfonamides is 1. The van der Waals surface area contributed by atoms with Gasteiger partial charge in [0.25, 0.3) is 0 Å². The standard InChI is InChI=1S/C23H38FN3O3S/c1-15(2)31(28,29)26-20-8-6-19(7-9-20)12-25-21-10-11-22(18(5)23(21)24)27-13-16(3)30-17(4)14-27/h10-11,15-17,19-20,25-26H,6-9,12-14H2,1-5H3. The Morgan fingerprint density at radius 1 is 1.13 bits per heavy atom. The molecule has 8 heteroatoms. The van der Waals surface area contributed by atoms with Gasteiger partial charge in [0, 0.05) is 36.9 Å². The minimum Gasteiger partial charge on any atom is -0.382 e. The average Bonchev–Trinajstić information content (AvgIpc) is 2.69. The Kier molecular flexibility index (Phi) is 7.86. The summed E-state index contributed by atoms with van der Waals surface area (Å²) in [5, 5.41) is 2.88. The third-order valence-corrected chi connectivity index (χ3v) is 8.40. The normalized spacial score (nSPS) is 27.5. The Labute approximate surface area is 187 Å². The van der Waals surface area contributed by atoms with Gasteiger partial charge in [0.15, 0.2) is 5.82 Å². The third-order valence-electron chi connectivity index (χ3n) is 6.50. The van der Waals surface area contributed by atoms with E-state index in [0.29, 0.717) is 23.7 Å². The molecule has 0 amide bonds. The van der Waals surface area contributed by atoms with Gasteiger partial charge in [-0.05, 0) is 78.4 Å². The topological polar surface area (TPSA) is 70.7 Å². The molecule has 0 radical (unpaired) electrons. The van der Waals surface area contributed by atoms with Crippen LogP contribution in [0.5, 0.6) is 0 Å². The lowest BCUT2D eigenvalue weighted by atomic mass is 9.86. The van der Waals surface area contributed by atoms with E-state index < -0.39 is 15.3 Å². The zero-order valence-corrected chi connectivity index (χ0v) is 20.3. The predicted molar refractivity (Wildman–Crippen MR) is 125 cm³/mol. The fourth-order valence-electron chi connectivity index (χ4n) is 4.64. The lowest BCUT2D eigenvalue weighted by Gasteiger charge is -2.37. The molecule has 1 saturated heterocycles. The van der Waals surface area contributed by atoms with Crippen LogP contribution in [-0.4, -0.2) is 51.6 Å². The molecule has 1 aliphatic carbocycles. The van der Waals surface area contributed by atoms with Crippen LogP contribution in [0.4, 0.5) is 15.8 Å². The summed E-state index contributed by atoms with van der Waals surface area (Å²) in [5.41, 5.74) is 2.14. The first kappa shape index (κ1) is 24.3. The first-order valence-electron chi connectivity index (χ1n) is 11.5. The van der Waals surface area contributed by atoms with Gasteiger partial charge in [-0.25, -0.2) is 17.5 Å². The van der Waals surface area contributed by atoms with Gasteiger partial charge in [-0.15, -0.1) is 0 Å². The molecule has 3 rings (SSSR count). The molecule has 1 heterocycles. The fourth-order valence-corrected chi connectivity index (χ4v) is 5.61. The first-order chi connectivity index (χ1) is 14.6. The van der Waals surface area contributed by atoms with Crippen molar-refractivity contribution < 1.29 is 17.5 Å². The summed E-state index contributed by atoms with van der Waals surface area (Å²) in [7, 11) is -3.23. The minimum absolute atomic E-state index is 0.0141. The Morgan fingerprint density at radius 2 is 1.74 bits per heavy atom. The monoisotopic (exact) mass is 455 g/mol. The highest BCUT2D eigenvalue weighted by molar-refractivity contribution is 7.90. The molecule has 0 aromatic heterocycles. The summed E-state index contributed by atoms with van der Waals surface area (Å²) in [6.07, 6.45) is 3.77. The van der Waals surface area contributed by atoms with Crippen LogP contribution in [0.3, 0.4) is 0 Å². The maximum absolute atomic E-state index is 15.1. The van der Waals surface area contributed by atoms with E-state index in [9.17, 15) is 8.42 Å². The van der Waals surface area contributed by atoms with Gasteiger partial charge in [0.2, 0.25) is 10.0 Å². The third kappa shape index (κ3) is 6.11. The van der Waals surface area contributed by atoms with E-state index in [0.717, 1.165) is 44.5 Å². The van der Waals surface area contributed by atoms with E-state index in [4.69, 9.17) is 4.74 Å². The van der Waals surface area contributed by atoms with Crippen LogP contribution >= 0.6 is 0 Å². The van der Waals surface area contributed by atoms with Crippen molar-refractivity contribution in [2.45, 2.75) is 83.8 Å². The number of ether oxygens (including phenoxy) is 1. The fraction of sp³-hybridized carbons (Fsp3) is 0.739. The van der Waals surface area contributed by atoms with Crippen molar-refractivity contribution in [1.29, 1.82) is 0 Å². The molecule has 2 N–H and O–H groups in total. The molecule has 2 fully saturated rings. The Balaban J connectivity index is 1.54. The van der Waals surface area contributed by atoms with E-state index in [1.165, 1.54) is 0 Å². The maximum atomic E-state index is 15.1. The number of nitrogens with zero attached hydrogens (tertiary/aromatic N) is 1. The summed E-state index contributed by atoms with van der Waals surface area (Å²) < 4.78 is 47.8. The Morgan fingerprint density at radius 3 is 2.32 bits per heavy atom. The van der Waals surface area contributed by atoms with Crippen molar-refractivity contribution >= 4 is 21.4 Å². The number of anilines is 2. The second kappa shape index (κ2) is 10.0. The number of hydrogen-bond donors (Lipinski definition) is 2. The van der Waals surface area contributed by atoms with Crippen molar-refractivity contribution in [1.82, 2.24) is 4.72 Å². The van der Waals surface area contributed by atoms with Gasteiger partial charge in [0.1, 0.15) is 0 Å². The van der Waals surface area contributed by atoms with Crippen LogP contribution in [0.2, 0.25) is 0 Å². The molecule has 1 aromatic rings. The second-order valence-electron chi connectivity index (χ2n) is 9.54. The quantitative estimate of drug-likeness (QED) is 0.649. The summed E-state index contributed by atoms with van der Waals surface area (Å²) in [4.78, 5) is 2.21. The Bertz CT molecular complexity index is 844. The van der Waals surface area contributed by atoms with Crippen molar-refractivity contribution in [2.24, 2.45) is 5.92 Å². The highest BCUT2D eigenvalue weighted by atomic mass is 32.2. The van der Waals surface area contributed by atoms with Crippen LogP contribution < -0.4 is 14.9 Å². The number of benzene rings is 1. The van der Waals surface area contributed by atoms with Crippen LogP contribution in [-0.2, 0) is 14.8 Å².